The molecule has 75 heavy (non-hydrogen) atoms. The Kier molecular flexibility index (Phi) is 52.5. The van der Waals surface area contributed by atoms with E-state index in [0.29, 0.717) is 23.9 Å². The SMILES string of the molecule is CC/C=C\C/C=C\C/C=C\C/C=C\C/C=C\CCCCCCCCCC(=O)NC(COP(=O)(O)OCC[N+](C)(C)C)C(/C=C\CCCCCCCCCCCCC)OC(=O)CCCCC/C=C\CCCCCCCC. The maximum atomic E-state index is 13.5. The smallest absolute Gasteiger partial charge is 0.456 e. The molecule has 0 spiro atoms. The molecule has 3 unspecified atom stereocenters. The number of unbranched alkanes of at least 4 members (excludes halogenated alkanes) is 27. The van der Waals surface area contributed by atoms with Gasteiger partial charge in [-0.3, -0.25) is 18.6 Å². The Morgan fingerprint density at radius 1 is 0.480 bits per heavy atom. The fraction of sp³-hybridized carbons (Fsp3) is 0.754. The lowest BCUT2D eigenvalue weighted by atomic mass is 10.0. The molecule has 0 aliphatic rings. The van der Waals surface area contributed by atoms with Crippen molar-refractivity contribution < 1.29 is 37.3 Å². The molecule has 0 fully saturated rings. The predicted molar refractivity (Wildman–Crippen MR) is 323 cm³/mol. The van der Waals surface area contributed by atoms with E-state index in [0.717, 1.165) is 109 Å². The molecule has 0 radical (unpaired) electrons. The van der Waals surface area contributed by atoms with Crippen LogP contribution in [0.2, 0.25) is 0 Å². The van der Waals surface area contributed by atoms with Gasteiger partial charge in [-0.15, -0.1) is 0 Å². The molecule has 0 aliphatic heterocycles. The van der Waals surface area contributed by atoms with Crippen molar-refractivity contribution in [3.05, 3.63) is 85.1 Å². The van der Waals surface area contributed by atoms with Crippen LogP contribution in [-0.4, -0.2) is 74.3 Å². The molecule has 2 N–H and O–H groups in total. The van der Waals surface area contributed by atoms with Crippen LogP contribution in [0, 0.1) is 0 Å². The highest BCUT2D eigenvalue weighted by Crippen LogP contribution is 2.43. The van der Waals surface area contributed by atoms with E-state index in [2.05, 4.69) is 99.0 Å². The number of esters is 1. The van der Waals surface area contributed by atoms with E-state index < -0.39 is 20.0 Å². The number of rotatable bonds is 55. The zero-order chi connectivity index (χ0) is 55.0. The fourth-order valence-electron chi connectivity index (χ4n) is 8.55. The molecular weight excluding hydrogens is 952 g/mol. The lowest BCUT2D eigenvalue weighted by molar-refractivity contribution is -0.870. The average Bonchev–Trinajstić information content (AvgIpc) is 3.37. The van der Waals surface area contributed by atoms with Crippen LogP contribution in [0.5, 0.6) is 0 Å². The van der Waals surface area contributed by atoms with E-state index in [-0.39, 0.29) is 31.5 Å². The van der Waals surface area contributed by atoms with Gasteiger partial charge in [0.15, 0.2) is 0 Å². The van der Waals surface area contributed by atoms with Crippen molar-refractivity contribution in [2.45, 2.75) is 277 Å². The average molecular weight is 1070 g/mol. The van der Waals surface area contributed by atoms with E-state index in [1.54, 1.807) is 0 Å². The van der Waals surface area contributed by atoms with E-state index in [4.69, 9.17) is 13.8 Å². The molecule has 1 amide bonds. The van der Waals surface area contributed by atoms with Crippen LogP contribution in [0.1, 0.15) is 265 Å². The van der Waals surface area contributed by atoms with Crippen molar-refractivity contribution >= 4 is 19.7 Å². The molecule has 0 aromatic rings. The molecular formula is C65H118N2O7P+. The summed E-state index contributed by atoms with van der Waals surface area (Å²) in [6, 6.07) is -0.864. The Morgan fingerprint density at radius 2 is 0.853 bits per heavy atom. The predicted octanol–water partition coefficient (Wildman–Crippen LogP) is 19.0. The number of nitrogens with one attached hydrogen (secondary N) is 1. The molecule has 9 nitrogen and oxygen atoms in total. The number of phosphoric ester groups is 1. The fourth-order valence-corrected chi connectivity index (χ4v) is 9.29. The zero-order valence-electron chi connectivity index (χ0n) is 49.5. The maximum absolute atomic E-state index is 13.5. The number of carbonyl (C=O) groups excluding carboxylic acids is 2. The van der Waals surface area contributed by atoms with Crippen molar-refractivity contribution in [3.8, 4) is 0 Å². The molecule has 0 saturated carbocycles. The second kappa shape index (κ2) is 54.5. The Morgan fingerprint density at radius 3 is 1.31 bits per heavy atom. The van der Waals surface area contributed by atoms with Crippen LogP contribution in [0.15, 0.2) is 85.1 Å². The van der Waals surface area contributed by atoms with Gasteiger partial charge in [0.05, 0.1) is 33.8 Å². The van der Waals surface area contributed by atoms with Crippen LogP contribution in [-0.2, 0) is 27.9 Å². The van der Waals surface area contributed by atoms with Crippen LogP contribution in [0.25, 0.3) is 0 Å². The molecule has 0 rings (SSSR count). The quantitative estimate of drug-likeness (QED) is 0.0205. The van der Waals surface area contributed by atoms with Crippen LogP contribution in [0.3, 0.4) is 0 Å². The van der Waals surface area contributed by atoms with Crippen LogP contribution >= 0.6 is 7.82 Å². The van der Waals surface area contributed by atoms with Gasteiger partial charge in [0.2, 0.25) is 5.91 Å². The number of quaternary nitrogens is 1. The van der Waals surface area contributed by atoms with E-state index in [9.17, 15) is 19.0 Å². The largest absolute Gasteiger partial charge is 0.472 e. The molecule has 0 saturated heterocycles. The van der Waals surface area contributed by atoms with Gasteiger partial charge >= 0.3 is 13.8 Å². The minimum absolute atomic E-state index is 0.0325. The number of hydrogen-bond acceptors (Lipinski definition) is 6. The second-order valence-electron chi connectivity index (χ2n) is 21.8. The summed E-state index contributed by atoms with van der Waals surface area (Å²) in [5.74, 6) is -0.537. The van der Waals surface area contributed by atoms with Crippen LogP contribution < -0.4 is 5.32 Å². The highest BCUT2D eigenvalue weighted by Gasteiger charge is 2.30. The van der Waals surface area contributed by atoms with Gasteiger partial charge < -0.3 is 19.4 Å². The normalized spacial score (nSPS) is 14.3. The maximum Gasteiger partial charge on any atom is 0.472 e. The van der Waals surface area contributed by atoms with Crippen molar-refractivity contribution in [3.63, 3.8) is 0 Å². The first-order valence-corrected chi connectivity index (χ1v) is 32.4. The highest BCUT2D eigenvalue weighted by molar-refractivity contribution is 7.47. The standard InChI is InChI=1S/C65H117N2O7P/c1-7-10-13-16-19-22-25-28-29-30-31-32-33-34-35-36-37-40-42-45-48-51-54-57-64(68)66-62(61-73-75(70,71)72-60-59-67(4,5)6)63(56-53-50-47-44-41-38-26-23-20-17-14-11-8-2)74-65(69)58-55-52-49-46-43-39-27-24-21-18-15-12-9-3/h10,13,19,22,28-29,31-32,34-35,39,43,53,56,62-63H,7-9,11-12,14-18,20-21,23-27,30,33,36-38,40-42,44-52,54-55,57-61H2,1-6H3,(H-,66,68,70,71)/p+1/b13-10-,22-19-,29-28-,32-31-,35-34-,43-39-,56-53-. The van der Waals surface area contributed by atoms with E-state index in [1.165, 1.54) is 116 Å². The Bertz CT molecular complexity index is 1560. The first-order valence-electron chi connectivity index (χ1n) is 30.9. The third-order valence-electron chi connectivity index (χ3n) is 13.3. The molecule has 0 aromatic heterocycles. The number of allylic oxidation sites excluding steroid dienone is 13. The minimum Gasteiger partial charge on any atom is -0.456 e. The summed E-state index contributed by atoms with van der Waals surface area (Å²) in [5, 5.41) is 3.05. The Labute approximate surface area is 463 Å². The van der Waals surface area contributed by atoms with Crippen molar-refractivity contribution in [1.29, 1.82) is 0 Å². The number of ether oxygens (including phenoxy) is 1. The number of hydrogen-bond donors (Lipinski definition) is 2. The number of likely N-dealkylation sites (N-methyl/N-ethyl adjacent to an activating group) is 1. The third kappa shape index (κ3) is 55.7. The first kappa shape index (κ1) is 72.2. The zero-order valence-corrected chi connectivity index (χ0v) is 50.4. The summed E-state index contributed by atoms with van der Waals surface area (Å²) in [6.07, 6.45) is 71.5. The molecule has 3 atom stereocenters. The van der Waals surface area contributed by atoms with Gasteiger partial charge in [0.1, 0.15) is 19.3 Å². The van der Waals surface area contributed by atoms with Crippen molar-refractivity contribution in [2.24, 2.45) is 0 Å². The van der Waals surface area contributed by atoms with Gasteiger partial charge in [-0.25, -0.2) is 4.57 Å². The van der Waals surface area contributed by atoms with Gasteiger partial charge in [0.25, 0.3) is 0 Å². The highest BCUT2D eigenvalue weighted by atomic mass is 31.2. The Balaban J connectivity index is 5.27. The van der Waals surface area contributed by atoms with Gasteiger partial charge in [-0.2, -0.15) is 0 Å². The molecule has 434 valence electrons. The van der Waals surface area contributed by atoms with Crippen LogP contribution in [0.4, 0.5) is 0 Å². The number of carbonyl (C=O) groups is 2. The molecule has 0 heterocycles. The summed E-state index contributed by atoms with van der Waals surface area (Å²) in [5.41, 5.74) is 0. The molecule has 0 aliphatic carbocycles. The minimum atomic E-state index is -4.46. The number of phosphoric acid groups is 1. The van der Waals surface area contributed by atoms with E-state index in [1.807, 2.05) is 33.3 Å². The van der Waals surface area contributed by atoms with Gasteiger partial charge in [-0.05, 0) is 102 Å². The monoisotopic (exact) mass is 1070 g/mol. The molecule has 0 bridgehead atoms. The van der Waals surface area contributed by atoms with Crippen molar-refractivity contribution in [1.82, 2.24) is 5.32 Å². The summed E-state index contributed by atoms with van der Waals surface area (Å²) in [7, 11) is 1.47. The number of nitrogens with zero attached hydrogens (tertiary/aromatic N) is 1. The third-order valence-corrected chi connectivity index (χ3v) is 14.3. The lowest BCUT2D eigenvalue weighted by Gasteiger charge is -2.27. The Hall–Kier alpha value is -2.81. The summed E-state index contributed by atoms with van der Waals surface area (Å²) >= 11 is 0. The summed E-state index contributed by atoms with van der Waals surface area (Å²) in [6.45, 7) is 6.87. The summed E-state index contributed by atoms with van der Waals surface area (Å²) in [4.78, 5) is 37.7. The summed E-state index contributed by atoms with van der Waals surface area (Å²) < 4.78 is 30.7. The second-order valence-corrected chi connectivity index (χ2v) is 23.3. The first-order chi connectivity index (χ1) is 36.4. The van der Waals surface area contributed by atoms with E-state index >= 15 is 0 Å². The van der Waals surface area contributed by atoms with Crippen molar-refractivity contribution in [2.75, 3.05) is 40.9 Å². The molecule has 0 aromatic carbocycles. The van der Waals surface area contributed by atoms with Gasteiger partial charge in [0, 0.05) is 12.8 Å². The molecule has 10 heteroatoms. The topological polar surface area (TPSA) is 111 Å². The van der Waals surface area contributed by atoms with Gasteiger partial charge in [-0.1, -0.05) is 235 Å². The lowest BCUT2D eigenvalue weighted by Crippen LogP contribution is -2.47. The number of amides is 1.